The molecule has 0 fully saturated rings. The van der Waals surface area contributed by atoms with E-state index < -0.39 is 0 Å². The summed E-state index contributed by atoms with van der Waals surface area (Å²) in [7, 11) is 0. The van der Waals surface area contributed by atoms with Crippen LogP contribution in [0.3, 0.4) is 0 Å². The number of thioether (sulfide) groups is 1. The van der Waals surface area contributed by atoms with Gasteiger partial charge >= 0.3 is 0 Å². The van der Waals surface area contributed by atoms with Crippen LogP contribution in [0.15, 0.2) is 76.5 Å². The van der Waals surface area contributed by atoms with Crippen LogP contribution in [0, 0.1) is 0 Å². The van der Waals surface area contributed by atoms with Crippen molar-refractivity contribution in [3.8, 4) is 0 Å². The molecular formula is C19H13S2+. The minimum Gasteiger partial charge on any atom is -0.0893 e. The van der Waals surface area contributed by atoms with Crippen molar-refractivity contribution >= 4 is 45.3 Å². The molecule has 4 rings (SSSR count). The van der Waals surface area contributed by atoms with Gasteiger partial charge in [0.2, 0.25) is 20.9 Å². The van der Waals surface area contributed by atoms with Gasteiger partial charge in [-0.05, 0) is 29.8 Å². The third-order valence-corrected chi connectivity index (χ3v) is 5.60. The van der Waals surface area contributed by atoms with Crippen LogP contribution in [0.5, 0.6) is 0 Å². The number of rotatable bonds is 1. The summed E-state index contributed by atoms with van der Waals surface area (Å²) in [5.41, 5.74) is 1.31. The van der Waals surface area contributed by atoms with Crippen molar-refractivity contribution in [2.24, 2.45) is 0 Å². The molecule has 0 nitrogen and oxygen atoms in total. The van der Waals surface area contributed by atoms with Crippen LogP contribution in [0.1, 0.15) is 10.4 Å². The van der Waals surface area contributed by atoms with E-state index in [1.165, 1.54) is 30.3 Å². The SMILES string of the molecule is C1=Cc2ccccc2S/C1=C/c1ccc2ccccc2[s+]1. The fraction of sp³-hybridized carbons (Fsp3) is 0. The maximum Gasteiger partial charge on any atom is 0.238 e. The predicted octanol–water partition coefficient (Wildman–Crippen LogP) is 6.34. The smallest absolute Gasteiger partial charge is 0.0893 e. The third kappa shape index (κ3) is 2.65. The topological polar surface area (TPSA) is 0 Å². The molecule has 1 aromatic heterocycles. The van der Waals surface area contributed by atoms with E-state index in [4.69, 9.17) is 0 Å². The molecule has 2 heteroatoms. The Morgan fingerprint density at radius 1 is 0.810 bits per heavy atom. The minimum absolute atomic E-state index is 1.29. The Bertz CT molecular complexity index is 875. The molecule has 100 valence electrons. The molecule has 0 aliphatic carbocycles. The molecule has 3 aromatic rings. The molecule has 0 saturated carbocycles. The standard InChI is InChI=1S/C19H13S2/c1-3-7-18-14(5-1)9-11-16(20-18)13-17-12-10-15-6-2-4-8-19(15)21-17/h1-13H/q+1. The molecule has 0 radical (unpaired) electrons. The zero-order valence-corrected chi connectivity index (χ0v) is 13.0. The van der Waals surface area contributed by atoms with Gasteiger partial charge in [0.15, 0.2) is 0 Å². The maximum absolute atomic E-state index is 2.27. The Kier molecular flexibility index (Phi) is 3.34. The van der Waals surface area contributed by atoms with Crippen molar-refractivity contribution in [1.29, 1.82) is 0 Å². The highest BCUT2D eigenvalue weighted by atomic mass is 32.2. The van der Waals surface area contributed by atoms with Crippen molar-refractivity contribution in [3.63, 3.8) is 0 Å². The summed E-state index contributed by atoms with van der Waals surface area (Å²) in [6.45, 7) is 0. The predicted molar refractivity (Wildman–Crippen MR) is 95.5 cm³/mol. The quantitative estimate of drug-likeness (QED) is 0.472. The van der Waals surface area contributed by atoms with Crippen molar-refractivity contribution in [2.45, 2.75) is 4.90 Å². The third-order valence-electron chi connectivity index (χ3n) is 3.43. The number of benzene rings is 2. The molecule has 2 aromatic carbocycles. The second-order valence-corrected chi connectivity index (χ2v) is 7.13. The monoisotopic (exact) mass is 305 g/mol. The zero-order chi connectivity index (χ0) is 14.1. The van der Waals surface area contributed by atoms with E-state index in [0.29, 0.717) is 0 Å². The van der Waals surface area contributed by atoms with Gasteiger partial charge < -0.3 is 0 Å². The van der Waals surface area contributed by atoms with E-state index in [0.717, 1.165) is 0 Å². The number of fused-ring (bicyclic) bond motifs is 2. The van der Waals surface area contributed by atoms with Crippen molar-refractivity contribution in [3.05, 3.63) is 82.1 Å². The van der Waals surface area contributed by atoms with Gasteiger partial charge in [-0.2, -0.15) is 0 Å². The van der Waals surface area contributed by atoms with Gasteiger partial charge in [-0.25, -0.2) is 0 Å². The first-order valence-electron chi connectivity index (χ1n) is 6.87. The summed E-state index contributed by atoms with van der Waals surface area (Å²) >= 11 is 3.68. The summed E-state index contributed by atoms with van der Waals surface area (Å²) in [6.07, 6.45) is 6.67. The molecule has 0 amide bonds. The highest BCUT2D eigenvalue weighted by molar-refractivity contribution is 8.03. The van der Waals surface area contributed by atoms with Gasteiger partial charge in [0.05, 0.1) is 0 Å². The molecule has 0 bridgehead atoms. The summed E-state index contributed by atoms with van der Waals surface area (Å²) in [4.78, 5) is 3.91. The number of allylic oxidation sites excluding steroid dienone is 1. The first-order chi connectivity index (χ1) is 10.4. The van der Waals surface area contributed by atoms with E-state index in [1.54, 1.807) is 0 Å². The molecule has 1 aliphatic rings. The van der Waals surface area contributed by atoms with Crippen molar-refractivity contribution in [1.82, 2.24) is 0 Å². The fourth-order valence-electron chi connectivity index (χ4n) is 2.38. The number of hydrogen-bond donors (Lipinski definition) is 0. The second-order valence-electron chi connectivity index (χ2n) is 4.90. The van der Waals surface area contributed by atoms with Crippen molar-refractivity contribution in [2.75, 3.05) is 0 Å². The van der Waals surface area contributed by atoms with E-state index >= 15 is 0 Å². The maximum atomic E-state index is 2.27. The first kappa shape index (κ1) is 12.8. The molecule has 1 aliphatic heterocycles. The lowest BCUT2D eigenvalue weighted by atomic mass is 10.2. The molecule has 0 saturated heterocycles. The largest absolute Gasteiger partial charge is 0.238 e. The highest BCUT2D eigenvalue weighted by Crippen LogP contribution is 2.37. The zero-order valence-electron chi connectivity index (χ0n) is 11.3. The highest BCUT2D eigenvalue weighted by Gasteiger charge is 2.12. The van der Waals surface area contributed by atoms with Crippen LogP contribution in [0.2, 0.25) is 0 Å². The Hall–Kier alpha value is -1.90. The van der Waals surface area contributed by atoms with Crippen LogP contribution < -0.4 is 0 Å². The van der Waals surface area contributed by atoms with Gasteiger partial charge in [0.1, 0.15) is 0 Å². The molecule has 0 spiro atoms. The molecular weight excluding hydrogens is 292 g/mol. The van der Waals surface area contributed by atoms with E-state index in [-0.39, 0.29) is 0 Å². The fourth-order valence-corrected chi connectivity index (χ4v) is 4.41. The number of hydrogen-bond acceptors (Lipinski definition) is 1. The Labute approximate surface area is 132 Å². The average Bonchev–Trinajstić information content (AvgIpc) is 2.55. The minimum atomic E-state index is 1.29. The lowest BCUT2D eigenvalue weighted by molar-refractivity contribution is 1.42. The van der Waals surface area contributed by atoms with Crippen LogP contribution >= 0.6 is 23.1 Å². The summed E-state index contributed by atoms with van der Waals surface area (Å²) in [6, 6.07) is 21.5. The van der Waals surface area contributed by atoms with E-state index in [1.807, 2.05) is 23.1 Å². The van der Waals surface area contributed by atoms with Gasteiger partial charge in [-0.1, -0.05) is 48.2 Å². The molecule has 2 heterocycles. The summed E-state index contributed by atoms with van der Waals surface area (Å²) < 4.78 is 1.33. The van der Waals surface area contributed by atoms with Crippen LogP contribution in [-0.4, -0.2) is 0 Å². The van der Waals surface area contributed by atoms with Crippen molar-refractivity contribution < 1.29 is 0 Å². The molecule has 0 unspecified atom stereocenters. The Morgan fingerprint density at radius 2 is 1.67 bits per heavy atom. The van der Waals surface area contributed by atoms with Crippen LogP contribution in [-0.2, 0) is 0 Å². The van der Waals surface area contributed by atoms with E-state index in [9.17, 15) is 0 Å². The van der Waals surface area contributed by atoms with Crippen LogP contribution in [0.25, 0.3) is 22.2 Å². The van der Waals surface area contributed by atoms with Gasteiger partial charge in [0, 0.05) is 33.4 Å². The summed E-state index contributed by atoms with van der Waals surface area (Å²) in [5, 5.41) is 1.31. The average molecular weight is 305 g/mol. The molecule has 0 atom stereocenters. The Balaban J connectivity index is 1.71. The summed E-state index contributed by atoms with van der Waals surface area (Å²) in [5.74, 6) is 0. The van der Waals surface area contributed by atoms with Gasteiger partial charge in [-0.15, -0.1) is 0 Å². The second kappa shape index (κ2) is 5.47. The lowest BCUT2D eigenvalue weighted by Crippen LogP contribution is -1.85. The normalized spacial score (nSPS) is 15.3. The van der Waals surface area contributed by atoms with Gasteiger partial charge in [-0.3, -0.25) is 0 Å². The van der Waals surface area contributed by atoms with Gasteiger partial charge in [0.25, 0.3) is 0 Å². The Morgan fingerprint density at radius 3 is 2.67 bits per heavy atom. The first-order valence-corrected chi connectivity index (χ1v) is 8.50. The van der Waals surface area contributed by atoms with E-state index in [2.05, 4.69) is 78.9 Å². The molecule has 21 heavy (non-hydrogen) atoms. The van der Waals surface area contributed by atoms with Crippen LogP contribution in [0.4, 0.5) is 0 Å². The lowest BCUT2D eigenvalue weighted by Gasteiger charge is -2.10. The molecule has 0 N–H and O–H groups in total.